The second-order valence-corrected chi connectivity index (χ2v) is 3.94. The number of carbonyl (C=O) groups is 1. The SMILES string of the molecule is N#CC1(c2ccc(C#CCC=O)cc2)CC1. The fraction of sp³-hybridized carbons (Fsp3) is 0.286. The number of hydrogen-bond acceptors (Lipinski definition) is 2. The molecule has 1 aliphatic rings. The highest BCUT2D eigenvalue weighted by atomic mass is 16.1. The molecule has 0 atom stereocenters. The number of benzene rings is 1. The van der Waals surface area contributed by atoms with Gasteiger partial charge in [0, 0.05) is 5.56 Å². The van der Waals surface area contributed by atoms with Crippen LogP contribution >= 0.6 is 0 Å². The molecule has 0 aliphatic heterocycles. The third kappa shape index (κ3) is 1.97. The number of nitriles is 1. The number of carbonyl (C=O) groups excluding carboxylic acids is 1. The van der Waals surface area contributed by atoms with E-state index in [0.717, 1.165) is 30.3 Å². The Labute approximate surface area is 94.9 Å². The van der Waals surface area contributed by atoms with E-state index in [2.05, 4.69) is 17.9 Å². The third-order valence-corrected chi connectivity index (χ3v) is 2.82. The van der Waals surface area contributed by atoms with Crippen molar-refractivity contribution in [2.24, 2.45) is 0 Å². The molecule has 0 heterocycles. The van der Waals surface area contributed by atoms with Gasteiger partial charge in [0.2, 0.25) is 0 Å². The van der Waals surface area contributed by atoms with E-state index < -0.39 is 0 Å². The van der Waals surface area contributed by atoms with Gasteiger partial charge in [0.1, 0.15) is 6.29 Å². The lowest BCUT2D eigenvalue weighted by Gasteiger charge is -2.04. The molecule has 0 unspecified atom stereocenters. The molecule has 0 amide bonds. The zero-order chi connectivity index (χ0) is 11.4. The molecule has 2 nitrogen and oxygen atoms in total. The zero-order valence-electron chi connectivity index (χ0n) is 8.86. The smallest absolute Gasteiger partial charge is 0.131 e. The number of nitrogens with zero attached hydrogens (tertiary/aromatic N) is 1. The normalized spacial score (nSPS) is 15.4. The topological polar surface area (TPSA) is 40.9 Å². The van der Waals surface area contributed by atoms with Crippen molar-refractivity contribution in [1.82, 2.24) is 0 Å². The molecule has 0 spiro atoms. The molecule has 1 aliphatic carbocycles. The highest BCUT2D eigenvalue weighted by molar-refractivity contribution is 5.55. The minimum Gasteiger partial charge on any atom is -0.302 e. The van der Waals surface area contributed by atoms with E-state index >= 15 is 0 Å². The lowest BCUT2D eigenvalue weighted by molar-refractivity contribution is -0.107. The molecule has 0 saturated heterocycles. The molecule has 2 rings (SSSR count). The monoisotopic (exact) mass is 209 g/mol. The largest absolute Gasteiger partial charge is 0.302 e. The van der Waals surface area contributed by atoms with E-state index in [9.17, 15) is 4.79 Å². The second kappa shape index (κ2) is 4.21. The van der Waals surface area contributed by atoms with Gasteiger partial charge in [-0.2, -0.15) is 5.26 Å². The van der Waals surface area contributed by atoms with Crippen LogP contribution in [0, 0.1) is 23.2 Å². The summed E-state index contributed by atoms with van der Waals surface area (Å²) in [5.74, 6) is 5.65. The minimum absolute atomic E-state index is 0.227. The fourth-order valence-electron chi connectivity index (χ4n) is 1.66. The minimum atomic E-state index is -0.227. The second-order valence-electron chi connectivity index (χ2n) is 3.94. The first-order valence-electron chi connectivity index (χ1n) is 5.25. The summed E-state index contributed by atoms with van der Waals surface area (Å²) in [6.45, 7) is 0. The molecule has 1 saturated carbocycles. The van der Waals surface area contributed by atoms with Crippen molar-refractivity contribution in [3.63, 3.8) is 0 Å². The Morgan fingerprint density at radius 1 is 1.31 bits per heavy atom. The van der Waals surface area contributed by atoms with Gasteiger partial charge < -0.3 is 4.79 Å². The van der Waals surface area contributed by atoms with Crippen LogP contribution in [0.15, 0.2) is 24.3 Å². The quantitative estimate of drug-likeness (QED) is 0.553. The van der Waals surface area contributed by atoms with Crippen molar-refractivity contribution in [2.75, 3.05) is 0 Å². The van der Waals surface area contributed by atoms with Gasteiger partial charge >= 0.3 is 0 Å². The Morgan fingerprint density at radius 3 is 2.50 bits per heavy atom. The van der Waals surface area contributed by atoms with Crippen LogP contribution in [0.3, 0.4) is 0 Å². The van der Waals surface area contributed by atoms with Crippen molar-refractivity contribution in [1.29, 1.82) is 5.26 Å². The van der Waals surface area contributed by atoms with Crippen LogP contribution in [-0.2, 0) is 10.2 Å². The maximum absolute atomic E-state index is 10.1. The summed E-state index contributed by atoms with van der Waals surface area (Å²) in [6.07, 6.45) is 2.97. The lowest BCUT2D eigenvalue weighted by Crippen LogP contribution is -2.01. The van der Waals surface area contributed by atoms with Crippen molar-refractivity contribution in [2.45, 2.75) is 24.7 Å². The molecule has 0 bridgehead atoms. The number of rotatable bonds is 2. The highest BCUT2D eigenvalue weighted by Crippen LogP contribution is 2.47. The van der Waals surface area contributed by atoms with Crippen LogP contribution in [0.5, 0.6) is 0 Å². The molecule has 78 valence electrons. The Morgan fingerprint density at radius 2 is 2.00 bits per heavy atom. The van der Waals surface area contributed by atoms with E-state index in [1.54, 1.807) is 0 Å². The standard InChI is InChI=1S/C14H11NO/c15-11-14(8-9-14)13-6-4-12(5-7-13)3-1-2-10-16/h4-7,10H,2,8-9H2. The Hall–Kier alpha value is -2.06. The molecular weight excluding hydrogens is 198 g/mol. The van der Waals surface area contributed by atoms with Crippen molar-refractivity contribution < 1.29 is 4.79 Å². The zero-order valence-corrected chi connectivity index (χ0v) is 8.86. The van der Waals surface area contributed by atoms with E-state index in [0.29, 0.717) is 0 Å². The van der Waals surface area contributed by atoms with E-state index in [-0.39, 0.29) is 11.8 Å². The van der Waals surface area contributed by atoms with Crippen molar-refractivity contribution in [3.05, 3.63) is 35.4 Å². The Balaban J connectivity index is 2.15. The summed E-state index contributed by atoms with van der Waals surface area (Å²) in [5, 5.41) is 9.04. The number of hydrogen-bond donors (Lipinski definition) is 0. The fourth-order valence-corrected chi connectivity index (χ4v) is 1.66. The van der Waals surface area contributed by atoms with Crippen LogP contribution in [0.4, 0.5) is 0 Å². The average molecular weight is 209 g/mol. The van der Waals surface area contributed by atoms with Crippen LogP contribution in [0.25, 0.3) is 0 Å². The molecule has 2 heteroatoms. The summed E-state index contributed by atoms with van der Waals surface area (Å²) >= 11 is 0. The first-order chi connectivity index (χ1) is 7.80. The molecule has 0 N–H and O–H groups in total. The maximum Gasteiger partial charge on any atom is 0.131 e. The summed E-state index contributed by atoms with van der Waals surface area (Å²) in [6, 6.07) is 10.1. The first-order valence-corrected chi connectivity index (χ1v) is 5.25. The molecule has 0 aromatic heterocycles. The summed E-state index contributed by atoms with van der Waals surface area (Å²) in [4.78, 5) is 10.1. The maximum atomic E-state index is 10.1. The first kappa shape index (κ1) is 10.5. The number of aldehydes is 1. The van der Waals surface area contributed by atoms with Crippen LogP contribution in [0.1, 0.15) is 30.4 Å². The van der Waals surface area contributed by atoms with Gasteiger partial charge in [-0.05, 0) is 30.5 Å². The molecular formula is C14H11NO. The van der Waals surface area contributed by atoms with E-state index in [1.165, 1.54) is 0 Å². The predicted molar refractivity (Wildman–Crippen MR) is 60.5 cm³/mol. The summed E-state index contributed by atoms with van der Waals surface area (Å²) < 4.78 is 0. The molecule has 16 heavy (non-hydrogen) atoms. The molecule has 1 fully saturated rings. The van der Waals surface area contributed by atoms with Crippen LogP contribution in [0.2, 0.25) is 0 Å². The van der Waals surface area contributed by atoms with Gasteiger partial charge in [-0.15, -0.1) is 0 Å². The van der Waals surface area contributed by atoms with Gasteiger partial charge in [-0.1, -0.05) is 24.0 Å². The Kier molecular flexibility index (Phi) is 2.75. The van der Waals surface area contributed by atoms with Gasteiger partial charge in [0.25, 0.3) is 0 Å². The van der Waals surface area contributed by atoms with Crippen LogP contribution in [-0.4, -0.2) is 6.29 Å². The average Bonchev–Trinajstić information content (AvgIpc) is 3.11. The van der Waals surface area contributed by atoms with Crippen LogP contribution < -0.4 is 0 Å². The molecule has 1 aromatic rings. The Bertz CT molecular complexity index is 492. The highest BCUT2D eigenvalue weighted by Gasteiger charge is 2.44. The third-order valence-electron chi connectivity index (χ3n) is 2.82. The van der Waals surface area contributed by atoms with Crippen molar-refractivity contribution in [3.8, 4) is 17.9 Å². The summed E-state index contributed by atoms with van der Waals surface area (Å²) in [5.41, 5.74) is 1.74. The summed E-state index contributed by atoms with van der Waals surface area (Å²) in [7, 11) is 0. The lowest BCUT2D eigenvalue weighted by atomic mass is 9.97. The molecule has 0 radical (unpaired) electrons. The van der Waals surface area contributed by atoms with E-state index in [1.807, 2.05) is 24.3 Å². The van der Waals surface area contributed by atoms with Gasteiger partial charge in [-0.25, -0.2) is 0 Å². The van der Waals surface area contributed by atoms with Gasteiger partial charge in [0.15, 0.2) is 0 Å². The van der Waals surface area contributed by atoms with Gasteiger partial charge in [-0.3, -0.25) is 0 Å². The van der Waals surface area contributed by atoms with Gasteiger partial charge in [0.05, 0.1) is 17.9 Å². The van der Waals surface area contributed by atoms with E-state index in [4.69, 9.17) is 5.26 Å². The van der Waals surface area contributed by atoms with Crippen molar-refractivity contribution >= 4 is 6.29 Å². The molecule has 1 aromatic carbocycles. The predicted octanol–water partition coefficient (Wildman–Crippen LogP) is 2.18.